The van der Waals surface area contributed by atoms with E-state index in [2.05, 4.69) is 21.2 Å². The van der Waals surface area contributed by atoms with Crippen LogP contribution in [0.15, 0.2) is 51.8 Å². The highest BCUT2D eigenvalue weighted by Crippen LogP contribution is 2.46. The van der Waals surface area contributed by atoms with Crippen molar-refractivity contribution in [1.82, 2.24) is 4.31 Å². The van der Waals surface area contributed by atoms with Gasteiger partial charge in [0.15, 0.2) is 17.2 Å². The molecule has 2 aromatic carbocycles. The van der Waals surface area contributed by atoms with Gasteiger partial charge in [0, 0.05) is 29.8 Å². The van der Waals surface area contributed by atoms with Gasteiger partial charge < -0.3 is 24.3 Å². The number of piperidine rings is 1. The summed E-state index contributed by atoms with van der Waals surface area (Å²) in [5, 5.41) is 3.83. The van der Waals surface area contributed by atoms with Crippen LogP contribution < -0.4 is 14.8 Å². The molecular weight excluding hydrogens is 696 g/mol. The Kier molecular flexibility index (Phi) is 10.9. The molecular formula is C30H34BrClN2O8S2. The van der Waals surface area contributed by atoms with Crippen molar-refractivity contribution in [1.29, 1.82) is 0 Å². The number of carbonyl (C=O) groups is 2. The van der Waals surface area contributed by atoms with Crippen LogP contribution in [0.1, 0.15) is 43.3 Å². The summed E-state index contributed by atoms with van der Waals surface area (Å²) < 4.78 is 50.0. The van der Waals surface area contributed by atoms with Crippen LogP contribution in [0.2, 0.25) is 5.02 Å². The van der Waals surface area contributed by atoms with E-state index in [-0.39, 0.29) is 33.9 Å². The van der Waals surface area contributed by atoms with E-state index in [0.29, 0.717) is 40.3 Å². The Labute approximate surface area is 274 Å². The summed E-state index contributed by atoms with van der Waals surface area (Å²) in [7, 11) is -1.08. The van der Waals surface area contributed by atoms with E-state index in [9.17, 15) is 18.0 Å². The zero-order chi connectivity index (χ0) is 32.2. The number of nitrogens with zero attached hydrogens (tertiary/aromatic N) is 1. The highest BCUT2D eigenvalue weighted by atomic mass is 79.9. The van der Waals surface area contributed by atoms with Crippen LogP contribution in [-0.4, -0.2) is 70.2 Å². The molecule has 1 fully saturated rings. The minimum absolute atomic E-state index is 0.0306. The van der Waals surface area contributed by atoms with E-state index in [4.69, 9.17) is 30.5 Å². The minimum atomic E-state index is -3.79. The summed E-state index contributed by atoms with van der Waals surface area (Å²) in [5.74, 6) is -0.705. The lowest BCUT2D eigenvalue weighted by atomic mass is 10.1. The third-order valence-corrected chi connectivity index (χ3v) is 11.0. The van der Waals surface area contributed by atoms with Gasteiger partial charge in [0.1, 0.15) is 16.2 Å². The molecule has 10 nitrogen and oxygen atoms in total. The SMILES string of the molecule is COC(=O)c1sc(-c2cccc(NC3CCN(S(=O)(=O)c4cc(Cl)ccc4OC)CC3)c2)c(Br)c1OCC(=O)OC(C)(C)C. The number of hydrogen-bond donors (Lipinski definition) is 1. The van der Waals surface area contributed by atoms with E-state index in [1.807, 2.05) is 24.3 Å². The number of rotatable bonds is 10. The van der Waals surface area contributed by atoms with Crippen LogP contribution >= 0.6 is 38.9 Å². The number of hydrogen-bond acceptors (Lipinski definition) is 10. The first-order chi connectivity index (χ1) is 20.7. The molecule has 0 amide bonds. The van der Waals surface area contributed by atoms with Gasteiger partial charge in [-0.2, -0.15) is 4.31 Å². The largest absolute Gasteiger partial charge is 0.495 e. The minimum Gasteiger partial charge on any atom is -0.495 e. The van der Waals surface area contributed by atoms with Crippen molar-refractivity contribution in [3.05, 3.63) is 56.8 Å². The van der Waals surface area contributed by atoms with Crippen molar-refractivity contribution in [3.63, 3.8) is 0 Å². The van der Waals surface area contributed by atoms with Crippen LogP contribution in [0.25, 0.3) is 10.4 Å². The highest BCUT2D eigenvalue weighted by molar-refractivity contribution is 9.10. The van der Waals surface area contributed by atoms with Gasteiger partial charge in [-0.25, -0.2) is 18.0 Å². The third-order valence-electron chi connectivity index (χ3n) is 6.63. The Morgan fingerprint density at radius 3 is 2.45 bits per heavy atom. The van der Waals surface area contributed by atoms with E-state index in [0.717, 1.165) is 11.3 Å². The van der Waals surface area contributed by atoms with Crippen LogP contribution in [0.5, 0.6) is 11.5 Å². The number of halogens is 2. The van der Waals surface area contributed by atoms with Gasteiger partial charge in [0.2, 0.25) is 10.0 Å². The molecule has 0 atom stereocenters. The van der Waals surface area contributed by atoms with E-state index in [1.165, 1.54) is 35.9 Å². The van der Waals surface area contributed by atoms with Crippen LogP contribution in [0.3, 0.4) is 0 Å². The van der Waals surface area contributed by atoms with Crippen LogP contribution in [0.4, 0.5) is 5.69 Å². The Hall–Kier alpha value is -2.84. The summed E-state index contributed by atoms with van der Waals surface area (Å²) in [5.41, 5.74) is 0.957. The van der Waals surface area contributed by atoms with Gasteiger partial charge in [-0.1, -0.05) is 23.7 Å². The van der Waals surface area contributed by atoms with E-state index in [1.54, 1.807) is 32.9 Å². The maximum Gasteiger partial charge on any atom is 0.351 e. The number of thiophene rings is 1. The molecule has 238 valence electrons. The lowest BCUT2D eigenvalue weighted by molar-refractivity contribution is -0.157. The average molecular weight is 730 g/mol. The van der Waals surface area contributed by atoms with Crippen molar-refractivity contribution in [3.8, 4) is 21.9 Å². The second-order valence-corrected chi connectivity index (χ2v) is 15.1. The van der Waals surface area contributed by atoms with Gasteiger partial charge >= 0.3 is 11.9 Å². The number of methoxy groups -OCH3 is 2. The first-order valence-electron chi connectivity index (χ1n) is 13.7. The van der Waals surface area contributed by atoms with Gasteiger partial charge in [-0.15, -0.1) is 11.3 Å². The fourth-order valence-electron chi connectivity index (χ4n) is 4.66. The average Bonchev–Trinajstić information content (AvgIpc) is 3.31. The molecule has 3 aromatic rings. The van der Waals surface area contributed by atoms with Crippen molar-refractivity contribution in [2.45, 2.75) is 50.2 Å². The molecule has 0 aliphatic carbocycles. The fourth-order valence-corrected chi connectivity index (χ4v) is 8.51. The number of esters is 2. The molecule has 1 saturated heterocycles. The number of sulfonamides is 1. The van der Waals surface area contributed by atoms with Crippen LogP contribution in [-0.2, 0) is 24.3 Å². The third kappa shape index (κ3) is 8.05. The van der Waals surface area contributed by atoms with Gasteiger partial charge in [-0.05, 0) is 85.4 Å². The normalized spacial score (nSPS) is 14.6. The van der Waals surface area contributed by atoms with Crippen LogP contribution in [0, 0.1) is 0 Å². The number of ether oxygens (including phenoxy) is 4. The van der Waals surface area contributed by atoms with E-state index >= 15 is 0 Å². The summed E-state index contributed by atoms with van der Waals surface area (Å²) in [4.78, 5) is 25.8. The second-order valence-electron chi connectivity index (χ2n) is 11.0. The molecule has 1 aliphatic heterocycles. The molecule has 14 heteroatoms. The first-order valence-corrected chi connectivity index (χ1v) is 17.1. The molecule has 0 saturated carbocycles. The number of carbonyl (C=O) groups excluding carboxylic acids is 2. The lowest BCUT2D eigenvalue weighted by Gasteiger charge is -2.32. The van der Waals surface area contributed by atoms with E-state index < -0.39 is 27.6 Å². The maximum atomic E-state index is 13.4. The van der Waals surface area contributed by atoms with Gasteiger partial charge in [-0.3, -0.25) is 0 Å². The molecule has 0 unspecified atom stereocenters. The zero-order valence-corrected chi connectivity index (χ0v) is 28.9. The Bertz CT molecular complexity index is 1630. The molecule has 0 spiro atoms. The van der Waals surface area contributed by atoms with Crippen molar-refractivity contribution < 1.29 is 37.0 Å². The summed E-state index contributed by atoms with van der Waals surface area (Å²) in [6, 6.07) is 12.2. The molecule has 4 rings (SSSR count). The monoisotopic (exact) mass is 728 g/mol. The maximum absolute atomic E-state index is 13.4. The Morgan fingerprint density at radius 1 is 1.11 bits per heavy atom. The summed E-state index contributed by atoms with van der Waals surface area (Å²) in [6.45, 7) is 5.55. The summed E-state index contributed by atoms with van der Waals surface area (Å²) in [6.07, 6.45) is 1.17. The van der Waals surface area contributed by atoms with Gasteiger partial charge in [0.25, 0.3) is 0 Å². The Balaban J connectivity index is 1.48. The molecule has 2 heterocycles. The number of benzene rings is 2. The van der Waals surface area contributed by atoms with Crippen molar-refractivity contribution in [2.75, 3.05) is 39.2 Å². The molecule has 0 radical (unpaired) electrons. The number of anilines is 1. The Morgan fingerprint density at radius 2 is 1.82 bits per heavy atom. The predicted molar refractivity (Wildman–Crippen MR) is 174 cm³/mol. The molecule has 1 N–H and O–H groups in total. The first kappa shape index (κ1) is 34.0. The molecule has 0 bridgehead atoms. The fraction of sp³-hybridized carbons (Fsp3) is 0.400. The van der Waals surface area contributed by atoms with Crippen molar-refractivity contribution >= 4 is 66.5 Å². The highest BCUT2D eigenvalue weighted by Gasteiger charge is 2.32. The molecule has 1 aliphatic rings. The smallest absolute Gasteiger partial charge is 0.351 e. The predicted octanol–water partition coefficient (Wildman–Crippen LogP) is 6.61. The van der Waals surface area contributed by atoms with Crippen molar-refractivity contribution in [2.24, 2.45) is 0 Å². The van der Waals surface area contributed by atoms with Gasteiger partial charge in [0.05, 0.1) is 23.6 Å². The molecule has 44 heavy (non-hydrogen) atoms. The number of nitrogens with one attached hydrogen (secondary N) is 1. The summed E-state index contributed by atoms with van der Waals surface area (Å²) >= 11 is 10.8. The lowest BCUT2D eigenvalue weighted by Crippen LogP contribution is -2.42. The zero-order valence-electron chi connectivity index (χ0n) is 24.9. The quantitative estimate of drug-likeness (QED) is 0.230. The second kappa shape index (κ2) is 14.1. The molecule has 1 aromatic heterocycles. The standard InChI is InChI=1S/C30H34BrClN2O8S2/c1-30(2,3)42-24(35)17-41-26-25(31)27(43-28(26)29(36)40-5)18-7-6-8-21(15-18)33-20-11-13-34(14-12-20)44(37,38)23-16-19(32)9-10-22(23)39-4/h6-10,15-16,20,33H,11-14,17H2,1-5H3. The topological polar surface area (TPSA) is 120 Å².